The topological polar surface area (TPSA) is 54.8 Å². The monoisotopic (exact) mass is 1320 g/mol. The molecular weight excluding hydrogens is 1270 g/mol. The average Bonchev–Trinajstić information content (AvgIpc) is 1.51. The Kier molecular flexibility index (Phi) is 9.86. The quantitative estimate of drug-likeness (QED) is 0.172. The number of fused-ring (bicyclic) bond motifs is 34. The Balaban J connectivity index is 0.729. The predicted octanol–water partition coefficient (Wildman–Crippen LogP) is 25.8. The fourth-order valence-corrected chi connectivity index (χ4v) is 19.4. The minimum absolute atomic E-state index is 0.850. The van der Waals surface area contributed by atoms with Crippen LogP contribution in [0.1, 0.15) is 0 Å². The van der Waals surface area contributed by atoms with E-state index in [0.29, 0.717) is 0 Å². The second-order valence-corrected chi connectivity index (χ2v) is 28.6. The van der Waals surface area contributed by atoms with Gasteiger partial charge in [-0.05, 0) is 163 Å². The lowest BCUT2D eigenvalue weighted by atomic mass is 9.99. The van der Waals surface area contributed by atoms with Gasteiger partial charge in [0.25, 0.3) is 0 Å². The smallest absolute Gasteiger partial charge is 0.145 e. The molecule has 16 aromatic carbocycles. The normalized spacial score (nSPS) is 12.8. The summed E-state index contributed by atoms with van der Waals surface area (Å²) in [7, 11) is 0. The molecule has 104 heavy (non-hydrogen) atoms. The summed E-state index contributed by atoms with van der Waals surface area (Å²) in [5.74, 6) is 0. The highest BCUT2D eigenvalue weighted by molar-refractivity contribution is 6.42. The molecular formula is C96H52N6O2. The first-order valence-corrected chi connectivity index (χ1v) is 35.8. The van der Waals surface area contributed by atoms with Gasteiger partial charge in [-0.3, -0.25) is 0 Å². The van der Waals surface area contributed by atoms with E-state index in [4.69, 9.17) is 8.83 Å². The van der Waals surface area contributed by atoms with Gasteiger partial charge in [-0.2, -0.15) is 0 Å². The molecule has 0 spiro atoms. The summed E-state index contributed by atoms with van der Waals surface area (Å²) in [6.45, 7) is 0. The van der Waals surface area contributed by atoms with Gasteiger partial charge in [0.1, 0.15) is 22.3 Å². The van der Waals surface area contributed by atoms with Gasteiger partial charge in [-0.15, -0.1) is 0 Å². The number of para-hydroxylation sites is 8. The fraction of sp³-hybridized carbons (Fsp3) is 0. The van der Waals surface area contributed by atoms with Gasteiger partial charge in [0.05, 0.1) is 88.0 Å². The molecule has 0 unspecified atom stereocenters. The number of furan rings is 2. The van der Waals surface area contributed by atoms with Crippen molar-refractivity contribution in [2.75, 3.05) is 0 Å². The lowest BCUT2D eigenvalue weighted by Crippen LogP contribution is -1.94. The molecule has 26 rings (SSSR count). The molecule has 0 radical (unpaired) electrons. The standard InChI is InChI=1S/C96H52N6O2/c1-5-21-55(22-6-1)97-74-33-17-13-29-59(74)67-48-72-83(52-80(67)97)102-82-51-81-66(47-68(82)71-49-70-60-30-14-18-34-75(60)100(58-27-11-4-12-28-58)92(70)89(72)93(71)102)61-39-37-54(46-79(61)99(81)57-25-9-3-10-26-57)53-38-44-86-69(45-53)64-41-43-78-90(96(64)104-86)91-87-65-32-15-19-35-76(65)98(56-23-7-2-8-24-56)84(87)50-73-88-77(101(78)94(73)91)42-40-63-62-31-16-20-36-85(62)103-95(63)88/h1-52H. The fourth-order valence-electron chi connectivity index (χ4n) is 19.4. The van der Waals surface area contributed by atoms with Crippen molar-refractivity contribution < 1.29 is 8.83 Å². The van der Waals surface area contributed by atoms with Crippen LogP contribution >= 0.6 is 0 Å². The van der Waals surface area contributed by atoms with Crippen LogP contribution in [-0.2, 0) is 0 Å². The third-order valence-electron chi connectivity index (χ3n) is 23.6. The van der Waals surface area contributed by atoms with E-state index >= 15 is 0 Å². The number of hydrogen-bond donors (Lipinski definition) is 0. The number of hydrogen-bond acceptors (Lipinski definition) is 2. The lowest BCUT2D eigenvalue weighted by Gasteiger charge is -2.10. The van der Waals surface area contributed by atoms with Crippen LogP contribution in [0.3, 0.4) is 0 Å². The van der Waals surface area contributed by atoms with E-state index in [-0.39, 0.29) is 0 Å². The molecule has 10 aromatic heterocycles. The second kappa shape index (κ2) is 19.1. The average molecular weight is 1320 g/mol. The number of aromatic nitrogens is 6. The summed E-state index contributed by atoms with van der Waals surface area (Å²) < 4.78 is 29.3. The van der Waals surface area contributed by atoms with E-state index in [1.165, 1.54) is 114 Å². The van der Waals surface area contributed by atoms with Crippen molar-refractivity contribution in [2.45, 2.75) is 0 Å². The molecule has 0 amide bonds. The Hall–Kier alpha value is -14.1. The van der Waals surface area contributed by atoms with Crippen molar-refractivity contribution in [3.05, 3.63) is 315 Å². The third kappa shape index (κ3) is 6.57. The van der Waals surface area contributed by atoms with Crippen molar-refractivity contribution in [1.29, 1.82) is 0 Å². The lowest BCUT2D eigenvalue weighted by molar-refractivity contribution is 0.672. The first-order valence-electron chi connectivity index (χ1n) is 35.8. The Morgan fingerprint density at radius 3 is 1.28 bits per heavy atom. The minimum atomic E-state index is 0.850. The summed E-state index contributed by atoms with van der Waals surface area (Å²) in [6.07, 6.45) is 0. The van der Waals surface area contributed by atoms with Gasteiger partial charge in [-0.1, -0.05) is 164 Å². The van der Waals surface area contributed by atoms with Gasteiger partial charge in [0, 0.05) is 120 Å². The molecule has 0 aliphatic heterocycles. The van der Waals surface area contributed by atoms with Crippen LogP contribution in [0.25, 0.3) is 241 Å². The maximum absolute atomic E-state index is 7.36. The molecule has 10 heterocycles. The van der Waals surface area contributed by atoms with E-state index in [0.717, 1.165) is 127 Å². The van der Waals surface area contributed by atoms with Crippen LogP contribution in [0.4, 0.5) is 0 Å². The first-order chi connectivity index (χ1) is 51.6. The Bertz CT molecular complexity index is 8320. The van der Waals surface area contributed by atoms with E-state index in [1.54, 1.807) is 0 Å². The Labute approximate surface area is 588 Å². The van der Waals surface area contributed by atoms with E-state index < -0.39 is 0 Å². The number of rotatable bonds is 5. The molecule has 0 N–H and O–H groups in total. The second-order valence-electron chi connectivity index (χ2n) is 28.6. The van der Waals surface area contributed by atoms with Crippen molar-refractivity contribution in [1.82, 2.24) is 27.1 Å². The molecule has 26 aromatic rings. The maximum atomic E-state index is 7.36. The molecule has 0 aliphatic carbocycles. The van der Waals surface area contributed by atoms with Gasteiger partial charge < -0.3 is 35.9 Å². The highest BCUT2D eigenvalue weighted by Gasteiger charge is 2.31. The van der Waals surface area contributed by atoms with Gasteiger partial charge in [0.2, 0.25) is 0 Å². The van der Waals surface area contributed by atoms with Crippen LogP contribution in [0.5, 0.6) is 0 Å². The summed E-state index contributed by atoms with van der Waals surface area (Å²) in [6, 6.07) is 117. The molecule has 0 saturated carbocycles. The van der Waals surface area contributed by atoms with Crippen molar-refractivity contribution >= 4 is 207 Å². The highest BCUT2D eigenvalue weighted by Crippen LogP contribution is 2.54. The van der Waals surface area contributed by atoms with Crippen LogP contribution in [0.2, 0.25) is 0 Å². The van der Waals surface area contributed by atoms with Gasteiger partial charge in [0.15, 0.2) is 0 Å². The summed E-state index contributed by atoms with van der Waals surface area (Å²) in [5.41, 5.74) is 26.6. The van der Waals surface area contributed by atoms with Crippen LogP contribution in [-0.4, -0.2) is 27.1 Å². The largest absolute Gasteiger partial charge is 0.455 e. The molecule has 0 bridgehead atoms. The van der Waals surface area contributed by atoms with Crippen molar-refractivity contribution in [3.8, 4) is 33.9 Å². The summed E-state index contributed by atoms with van der Waals surface area (Å²) in [5, 5.41) is 23.6. The number of nitrogens with zero attached hydrogens (tertiary/aromatic N) is 6. The summed E-state index contributed by atoms with van der Waals surface area (Å²) >= 11 is 0. The maximum Gasteiger partial charge on any atom is 0.145 e. The first kappa shape index (κ1) is 53.8. The van der Waals surface area contributed by atoms with Crippen LogP contribution in [0, 0.1) is 0 Å². The van der Waals surface area contributed by atoms with Crippen molar-refractivity contribution in [3.63, 3.8) is 0 Å². The Morgan fingerprint density at radius 1 is 0.173 bits per heavy atom. The summed E-state index contributed by atoms with van der Waals surface area (Å²) in [4.78, 5) is 0. The van der Waals surface area contributed by atoms with E-state index in [1.807, 2.05) is 0 Å². The molecule has 0 saturated heterocycles. The predicted molar refractivity (Wildman–Crippen MR) is 433 cm³/mol. The Morgan fingerprint density at radius 2 is 0.596 bits per heavy atom. The molecule has 0 aliphatic rings. The molecule has 0 fully saturated rings. The van der Waals surface area contributed by atoms with Gasteiger partial charge >= 0.3 is 0 Å². The van der Waals surface area contributed by atoms with Crippen LogP contribution < -0.4 is 0 Å². The zero-order chi connectivity index (χ0) is 67.1. The molecule has 478 valence electrons. The minimum Gasteiger partial charge on any atom is -0.455 e. The van der Waals surface area contributed by atoms with Crippen LogP contribution in [0.15, 0.2) is 324 Å². The zero-order valence-electron chi connectivity index (χ0n) is 55.5. The van der Waals surface area contributed by atoms with E-state index in [9.17, 15) is 0 Å². The van der Waals surface area contributed by atoms with E-state index in [2.05, 4.69) is 343 Å². The molecule has 8 heteroatoms. The number of benzene rings is 16. The molecule has 0 atom stereocenters. The zero-order valence-corrected chi connectivity index (χ0v) is 55.5. The highest BCUT2D eigenvalue weighted by atomic mass is 16.3. The SMILES string of the molecule is c1ccc(-n2c3cc(-c4ccc5oc6c(ccc7c6c6c8c9ccccc9n(-c9ccccc9)c8cc8c9c%10oc%11ccccc%11c%10ccc9n7c86)c5c4)ccc3c3cc4c5cc6c7ccccc7n(-c7ccccc7)c6c6c7cc8c9ccccc9n(-c9ccccc9)c8cc7n(c4cc32)c56)cc1. The third-order valence-corrected chi connectivity index (χ3v) is 23.6. The van der Waals surface area contributed by atoms with Crippen molar-refractivity contribution in [2.24, 2.45) is 0 Å². The molecule has 8 nitrogen and oxygen atoms in total. The van der Waals surface area contributed by atoms with Gasteiger partial charge in [-0.25, -0.2) is 0 Å².